The van der Waals surface area contributed by atoms with Gasteiger partial charge in [-0.15, -0.1) is 10.2 Å². The van der Waals surface area contributed by atoms with Crippen molar-refractivity contribution in [1.82, 2.24) is 25.5 Å². The van der Waals surface area contributed by atoms with E-state index < -0.39 is 12.0 Å². The van der Waals surface area contributed by atoms with Crippen LogP contribution >= 0.6 is 0 Å². The highest BCUT2D eigenvalue weighted by atomic mass is 19.3. The minimum atomic E-state index is -3.39. The smallest absolute Gasteiger partial charge is 0.302 e. The second-order valence-corrected chi connectivity index (χ2v) is 7.50. The minimum Gasteiger partial charge on any atom is -0.382 e. The molecule has 1 amide bonds. The molecule has 3 rings (SSSR count). The first-order valence-electron chi connectivity index (χ1n) is 10.3. The molecule has 0 bridgehead atoms. The number of unbranched alkanes of at least 4 members (excludes halogenated alkanes) is 3. The summed E-state index contributed by atoms with van der Waals surface area (Å²) in [5, 5.41) is 23.8. The Morgan fingerprint density at radius 2 is 2.00 bits per heavy atom. The van der Waals surface area contributed by atoms with Crippen molar-refractivity contribution in [1.29, 1.82) is 0 Å². The molecule has 0 saturated carbocycles. The highest BCUT2D eigenvalue weighted by molar-refractivity contribution is 5.79. The monoisotopic (exact) mass is 419 g/mol. The fourth-order valence-electron chi connectivity index (χ4n) is 3.64. The lowest BCUT2D eigenvalue weighted by atomic mass is 10.0. The van der Waals surface area contributed by atoms with Crippen LogP contribution in [0.15, 0.2) is 42.5 Å². The number of carbonyl (C=O) groups is 1. The van der Waals surface area contributed by atoms with E-state index in [1.807, 2.05) is 0 Å². The second-order valence-electron chi connectivity index (χ2n) is 7.50. The summed E-state index contributed by atoms with van der Waals surface area (Å²) in [4.78, 5) is 13.9. The number of likely N-dealkylation sites (tertiary alicyclic amines) is 1. The second kappa shape index (κ2) is 10.4. The first-order chi connectivity index (χ1) is 14.5. The maximum absolute atomic E-state index is 14.4. The Balaban J connectivity index is 1.45. The third-order valence-corrected chi connectivity index (χ3v) is 5.36. The summed E-state index contributed by atoms with van der Waals surface area (Å²) < 4.78 is 28.8. The number of aliphatic hydroxyl groups is 1. The molecule has 2 atom stereocenters. The van der Waals surface area contributed by atoms with Crippen molar-refractivity contribution in [2.24, 2.45) is 0 Å². The van der Waals surface area contributed by atoms with E-state index in [-0.39, 0.29) is 17.5 Å². The Kier molecular flexibility index (Phi) is 7.62. The predicted octanol–water partition coefficient (Wildman–Crippen LogP) is 3.00. The molecule has 162 valence electrons. The quantitative estimate of drug-likeness (QED) is 0.431. The van der Waals surface area contributed by atoms with Gasteiger partial charge in [-0.1, -0.05) is 60.5 Å². The molecule has 1 fully saturated rings. The van der Waals surface area contributed by atoms with E-state index in [2.05, 4.69) is 20.6 Å². The van der Waals surface area contributed by atoms with Crippen molar-refractivity contribution < 1.29 is 18.7 Å². The van der Waals surface area contributed by atoms with E-state index in [1.165, 1.54) is 24.3 Å². The van der Waals surface area contributed by atoms with Crippen molar-refractivity contribution in [3.05, 3.63) is 53.9 Å². The van der Waals surface area contributed by atoms with Gasteiger partial charge >= 0.3 is 5.92 Å². The van der Waals surface area contributed by atoms with Gasteiger partial charge in [0.25, 0.3) is 0 Å². The third kappa shape index (κ3) is 5.69. The van der Waals surface area contributed by atoms with Crippen LogP contribution in [-0.4, -0.2) is 55.2 Å². The summed E-state index contributed by atoms with van der Waals surface area (Å²) in [7, 11) is 0. The van der Waals surface area contributed by atoms with Crippen LogP contribution in [0.25, 0.3) is 0 Å². The third-order valence-electron chi connectivity index (χ3n) is 5.36. The van der Waals surface area contributed by atoms with Crippen LogP contribution in [0, 0.1) is 0 Å². The summed E-state index contributed by atoms with van der Waals surface area (Å²) >= 11 is 0. The number of aliphatic hydroxyl groups excluding tert-OH is 1. The van der Waals surface area contributed by atoms with E-state index in [0.717, 1.165) is 38.2 Å². The number of H-pyrrole nitrogens is 1. The maximum atomic E-state index is 14.4. The molecule has 0 radical (unpaired) electrons. The summed E-state index contributed by atoms with van der Waals surface area (Å²) in [6, 6.07) is 7.01. The molecule has 0 spiro atoms. The predicted molar refractivity (Wildman–Crippen MR) is 107 cm³/mol. The zero-order chi connectivity index (χ0) is 21.4. The van der Waals surface area contributed by atoms with E-state index in [1.54, 1.807) is 17.0 Å². The average molecular weight is 419 g/mol. The number of aromatic nitrogens is 4. The van der Waals surface area contributed by atoms with Crippen molar-refractivity contribution in [2.45, 2.75) is 63.0 Å². The molecule has 1 saturated heterocycles. The number of alkyl halides is 2. The largest absolute Gasteiger partial charge is 0.382 e. The van der Waals surface area contributed by atoms with Crippen LogP contribution in [0.1, 0.15) is 49.9 Å². The summed E-state index contributed by atoms with van der Waals surface area (Å²) in [5.41, 5.74) is -0.234. The first-order valence-corrected chi connectivity index (χ1v) is 10.3. The fraction of sp³-hybridized carbons (Fsp3) is 0.524. The number of halogens is 2. The number of aromatic amines is 1. The van der Waals surface area contributed by atoms with Gasteiger partial charge in [-0.2, -0.15) is 14.0 Å². The zero-order valence-electron chi connectivity index (χ0n) is 16.8. The van der Waals surface area contributed by atoms with Crippen LogP contribution in [0.3, 0.4) is 0 Å². The Labute approximate surface area is 174 Å². The van der Waals surface area contributed by atoms with Gasteiger partial charge in [0.1, 0.15) is 6.10 Å². The van der Waals surface area contributed by atoms with Crippen LogP contribution in [0.2, 0.25) is 0 Å². The number of tetrazole rings is 1. The lowest BCUT2D eigenvalue weighted by molar-refractivity contribution is -0.128. The molecule has 1 aliphatic rings. The molecule has 30 heavy (non-hydrogen) atoms. The van der Waals surface area contributed by atoms with Gasteiger partial charge in [-0.3, -0.25) is 4.79 Å². The van der Waals surface area contributed by atoms with Crippen LogP contribution in [0.4, 0.5) is 8.78 Å². The summed E-state index contributed by atoms with van der Waals surface area (Å²) in [6.07, 6.45) is 6.18. The lowest BCUT2D eigenvalue weighted by Crippen LogP contribution is -2.34. The maximum Gasteiger partial charge on any atom is 0.302 e. The molecule has 2 heterocycles. The SMILES string of the molecule is O=C1CCC(/C=C/[C@@H](O)C(F)(F)c2ccccc2)N1CCCCCCc1nn[nH]n1. The van der Waals surface area contributed by atoms with E-state index in [4.69, 9.17) is 0 Å². The standard InChI is InChI=1S/C21H27F2N5O2/c22-21(23,16-8-4-3-5-9-16)18(29)13-11-17-12-14-20(30)28(17)15-7-2-1-6-10-19-24-26-27-25-19/h3-5,8-9,11,13,17-18,29H,1-2,6-7,10,12,14-15H2,(H,24,25,26,27)/b13-11+/t17?,18-/m1/s1. The fourth-order valence-corrected chi connectivity index (χ4v) is 3.64. The summed E-state index contributed by atoms with van der Waals surface area (Å²) in [6.45, 7) is 0.585. The number of aryl methyl sites for hydroxylation is 1. The van der Waals surface area contributed by atoms with Gasteiger partial charge in [0.15, 0.2) is 5.82 Å². The normalized spacial score (nSPS) is 18.4. The molecule has 1 aromatic heterocycles. The van der Waals surface area contributed by atoms with Gasteiger partial charge in [0.2, 0.25) is 5.91 Å². The van der Waals surface area contributed by atoms with Crippen molar-refractivity contribution in [3.8, 4) is 0 Å². The minimum absolute atomic E-state index is 0.0285. The van der Waals surface area contributed by atoms with Crippen molar-refractivity contribution >= 4 is 5.91 Å². The van der Waals surface area contributed by atoms with Gasteiger partial charge in [-0.05, 0) is 19.3 Å². The van der Waals surface area contributed by atoms with Gasteiger partial charge in [0.05, 0.1) is 6.04 Å². The molecular formula is C21H27F2N5O2. The number of nitrogens with one attached hydrogen (secondary N) is 1. The molecule has 7 nitrogen and oxygen atoms in total. The van der Waals surface area contributed by atoms with Crippen LogP contribution in [0.5, 0.6) is 0 Å². The molecule has 0 aliphatic carbocycles. The molecule has 9 heteroatoms. The molecule has 2 N–H and O–H groups in total. The van der Waals surface area contributed by atoms with E-state index in [0.29, 0.717) is 25.2 Å². The van der Waals surface area contributed by atoms with E-state index in [9.17, 15) is 18.7 Å². The Hall–Kier alpha value is -2.68. The highest BCUT2D eigenvalue weighted by Crippen LogP contribution is 2.32. The number of amides is 1. The first kappa shape index (κ1) is 22.0. The molecule has 2 aromatic rings. The molecule has 1 aromatic carbocycles. The van der Waals surface area contributed by atoms with Crippen LogP contribution in [-0.2, 0) is 17.1 Å². The number of hydrogen-bond donors (Lipinski definition) is 2. The molecule has 1 aliphatic heterocycles. The van der Waals surface area contributed by atoms with Gasteiger partial charge < -0.3 is 10.0 Å². The molecular weight excluding hydrogens is 392 g/mol. The number of nitrogens with zero attached hydrogens (tertiary/aromatic N) is 4. The van der Waals surface area contributed by atoms with Gasteiger partial charge in [0, 0.05) is 24.9 Å². The zero-order valence-corrected chi connectivity index (χ0v) is 16.8. The van der Waals surface area contributed by atoms with Crippen molar-refractivity contribution in [3.63, 3.8) is 0 Å². The van der Waals surface area contributed by atoms with Crippen molar-refractivity contribution in [2.75, 3.05) is 6.54 Å². The Morgan fingerprint density at radius 1 is 1.23 bits per heavy atom. The molecule has 1 unspecified atom stereocenters. The number of benzene rings is 1. The topological polar surface area (TPSA) is 95.0 Å². The Morgan fingerprint density at radius 3 is 2.73 bits per heavy atom. The number of carbonyl (C=O) groups excluding carboxylic acids is 1. The van der Waals surface area contributed by atoms with Gasteiger partial charge in [-0.25, -0.2) is 0 Å². The van der Waals surface area contributed by atoms with E-state index >= 15 is 0 Å². The van der Waals surface area contributed by atoms with Crippen LogP contribution < -0.4 is 0 Å². The Bertz CT molecular complexity index is 814. The average Bonchev–Trinajstić information content (AvgIpc) is 3.39. The number of hydrogen-bond acceptors (Lipinski definition) is 5. The number of rotatable bonds is 11. The summed E-state index contributed by atoms with van der Waals surface area (Å²) in [5.74, 6) is -2.66. The highest BCUT2D eigenvalue weighted by Gasteiger charge is 2.39. The lowest BCUT2D eigenvalue weighted by Gasteiger charge is -2.24.